The van der Waals surface area contributed by atoms with Gasteiger partial charge in [0.2, 0.25) is 0 Å². The smallest absolute Gasteiger partial charge is 0.254 e. The molecular formula is C17H25ClN2O. The van der Waals surface area contributed by atoms with Crippen molar-refractivity contribution in [3.8, 4) is 0 Å². The minimum atomic E-state index is -0.0662. The number of hydrogen-bond acceptors (Lipinski definition) is 2. The van der Waals surface area contributed by atoms with Gasteiger partial charge in [0.15, 0.2) is 0 Å². The first-order chi connectivity index (χ1) is 9.69. The van der Waals surface area contributed by atoms with Crippen LogP contribution < -0.4 is 5.32 Å². The van der Waals surface area contributed by atoms with Crippen molar-refractivity contribution in [2.45, 2.75) is 39.7 Å². The summed E-state index contributed by atoms with van der Waals surface area (Å²) in [4.78, 5) is 13.7. The first-order valence-corrected chi connectivity index (χ1v) is 7.85. The maximum atomic E-state index is 12.1. The van der Waals surface area contributed by atoms with Crippen LogP contribution in [0.15, 0.2) is 18.2 Å². The molecule has 1 aromatic rings. The molecule has 1 amide bonds. The molecule has 0 bridgehead atoms. The monoisotopic (exact) mass is 308 g/mol. The van der Waals surface area contributed by atoms with Crippen molar-refractivity contribution in [2.75, 3.05) is 19.4 Å². The van der Waals surface area contributed by atoms with Crippen molar-refractivity contribution in [2.24, 2.45) is 11.3 Å². The zero-order chi connectivity index (χ0) is 15.8. The lowest BCUT2D eigenvalue weighted by Gasteiger charge is -2.21. The predicted octanol–water partition coefficient (Wildman–Crippen LogP) is 4.28. The highest BCUT2D eigenvalue weighted by Gasteiger charge is 2.36. The molecule has 0 heterocycles. The fourth-order valence-corrected chi connectivity index (χ4v) is 3.52. The highest BCUT2D eigenvalue weighted by molar-refractivity contribution is 6.34. The van der Waals surface area contributed by atoms with Crippen LogP contribution in [0.5, 0.6) is 0 Å². The average molecular weight is 309 g/mol. The Morgan fingerprint density at radius 1 is 1.33 bits per heavy atom. The van der Waals surface area contributed by atoms with E-state index in [-0.39, 0.29) is 5.91 Å². The molecule has 1 N–H and O–H groups in total. The maximum Gasteiger partial charge on any atom is 0.254 e. The fourth-order valence-electron chi connectivity index (χ4n) is 3.32. The topological polar surface area (TPSA) is 32.3 Å². The Kier molecular flexibility index (Phi) is 4.52. The van der Waals surface area contributed by atoms with E-state index in [9.17, 15) is 4.79 Å². The molecule has 0 aliphatic heterocycles. The molecule has 3 nitrogen and oxygen atoms in total. The summed E-state index contributed by atoms with van der Waals surface area (Å²) in [5.41, 5.74) is 1.90. The molecule has 1 aliphatic rings. The summed E-state index contributed by atoms with van der Waals surface area (Å²) in [5.74, 6) is 0.562. The van der Waals surface area contributed by atoms with Crippen molar-refractivity contribution >= 4 is 23.2 Å². The van der Waals surface area contributed by atoms with Crippen LogP contribution in [0.3, 0.4) is 0 Å². The Morgan fingerprint density at radius 2 is 2.00 bits per heavy atom. The van der Waals surface area contributed by atoms with Crippen LogP contribution in [0.25, 0.3) is 0 Å². The lowest BCUT2D eigenvalue weighted by atomic mass is 9.91. The molecule has 21 heavy (non-hydrogen) atoms. The third-order valence-electron chi connectivity index (χ3n) is 4.29. The lowest BCUT2D eigenvalue weighted by molar-refractivity contribution is 0.0828. The number of hydrogen-bond donors (Lipinski definition) is 1. The second-order valence-electron chi connectivity index (χ2n) is 7.19. The molecule has 0 saturated heterocycles. The molecule has 2 rings (SSSR count). The Balaban J connectivity index is 2.18. The number of nitrogens with zero attached hydrogens (tertiary/aromatic N) is 1. The second-order valence-corrected chi connectivity index (χ2v) is 7.60. The number of amides is 1. The van der Waals surface area contributed by atoms with Gasteiger partial charge < -0.3 is 10.2 Å². The van der Waals surface area contributed by atoms with Crippen LogP contribution in [0, 0.1) is 11.3 Å². The highest BCUT2D eigenvalue weighted by atomic mass is 35.5. The normalized spacial score (nSPS) is 23.9. The summed E-state index contributed by atoms with van der Waals surface area (Å²) < 4.78 is 0. The summed E-state index contributed by atoms with van der Waals surface area (Å²) in [7, 11) is 3.47. The van der Waals surface area contributed by atoms with Crippen LogP contribution in [-0.2, 0) is 0 Å². The lowest BCUT2D eigenvalue weighted by Crippen LogP contribution is -2.24. The number of benzene rings is 1. The van der Waals surface area contributed by atoms with Gasteiger partial charge in [0, 0.05) is 25.8 Å². The van der Waals surface area contributed by atoms with Gasteiger partial charge in [-0.25, -0.2) is 0 Å². The summed E-state index contributed by atoms with van der Waals surface area (Å²) >= 11 is 6.15. The number of carbonyl (C=O) groups is 1. The van der Waals surface area contributed by atoms with Gasteiger partial charge in [0.05, 0.1) is 10.6 Å². The molecule has 1 fully saturated rings. The second kappa shape index (κ2) is 5.88. The predicted molar refractivity (Wildman–Crippen MR) is 89.1 cm³/mol. The molecule has 4 heteroatoms. The van der Waals surface area contributed by atoms with E-state index in [0.717, 1.165) is 12.1 Å². The van der Waals surface area contributed by atoms with Crippen molar-refractivity contribution in [3.63, 3.8) is 0 Å². The molecule has 1 aromatic carbocycles. The molecular weight excluding hydrogens is 284 g/mol. The third-order valence-corrected chi connectivity index (χ3v) is 4.62. The molecule has 2 unspecified atom stereocenters. The zero-order valence-corrected chi connectivity index (χ0v) is 14.3. The van der Waals surface area contributed by atoms with Crippen molar-refractivity contribution in [1.29, 1.82) is 0 Å². The van der Waals surface area contributed by atoms with E-state index in [4.69, 9.17) is 11.6 Å². The van der Waals surface area contributed by atoms with Crippen molar-refractivity contribution in [3.05, 3.63) is 28.8 Å². The number of halogens is 1. The number of carbonyl (C=O) groups excluding carboxylic acids is 1. The van der Waals surface area contributed by atoms with Gasteiger partial charge in [-0.2, -0.15) is 0 Å². The van der Waals surface area contributed by atoms with Crippen molar-refractivity contribution in [1.82, 2.24) is 4.90 Å². The number of nitrogens with one attached hydrogen (secondary N) is 1. The number of anilines is 1. The van der Waals surface area contributed by atoms with Crippen LogP contribution >= 0.6 is 11.6 Å². The van der Waals surface area contributed by atoms with E-state index in [1.165, 1.54) is 6.42 Å². The van der Waals surface area contributed by atoms with Gasteiger partial charge in [0.1, 0.15) is 0 Å². The van der Waals surface area contributed by atoms with E-state index in [1.807, 2.05) is 12.1 Å². The van der Waals surface area contributed by atoms with E-state index in [2.05, 4.69) is 26.1 Å². The van der Waals surface area contributed by atoms with Crippen LogP contribution in [0.1, 0.15) is 44.0 Å². The third kappa shape index (κ3) is 3.70. The summed E-state index contributed by atoms with van der Waals surface area (Å²) in [6.45, 7) is 6.91. The number of rotatable bonds is 3. The molecule has 0 radical (unpaired) electrons. The van der Waals surface area contributed by atoms with Gasteiger partial charge in [-0.15, -0.1) is 0 Å². The first-order valence-electron chi connectivity index (χ1n) is 7.47. The maximum absolute atomic E-state index is 12.1. The van der Waals surface area contributed by atoms with E-state index < -0.39 is 0 Å². The van der Waals surface area contributed by atoms with Crippen LogP contribution in [0.4, 0.5) is 5.69 Å². The van der Waals surface area contributed by atoms with E-state index >= 15 is 0 Å². The van der Waals surface area contributed by atoms with Gasteiger partial charge >= 0.3 is 0 Å². The van der Waals surface area contributed by atoms with Gasteiger partial charge in [0.25, 0.3) is 5.91 Å². The summed E-state index contributed by atoms with van der Waals surface area (Å²) in [5, 5.41) is 4.08. The fraction of sp³-hybridized carbons (Fsp3) is 0.588. The quantitative estimate of drug-likeness (QED) is 0.904. The van der Waals surface area contributed by atoms with Gasteiger partial charge in [-0.3, -0.25) is 4.79 Å². The molecule has 116 valence electrons. The SMILES string of the molecule is CC1CC(C)(C)CC1Nc1ccc(Cl)c(C(=O)N(C)C)c1. The molecule has 2 atom stereocenters. The van der Waals surface area contributed by atoms with Crippen molar-refractivity contribution < 1.29 is 4.79 Å². The van der Waals surface area contributed by atoms with Gasteiger partial charge in [-0.05, 0) is 42.4 Å². The summed E-state index contributed by atoms with van der Waals surface area (Å²) in [6, 6.07) is 6.06. The summed E-state index contributed by atoms with van der Waals surface area (Å²) in [6.07, 6.45) is 2.37. The zero-order valence-electron chi connectivity index (χ0n) is 13.5. The molecule has 1 aliphatic carbocycles. The molecule has 0 spiro atoms. The average Bonchev–Trinajstić information content (AvgIpc) is 2.63. The Hall–Kier alpha value is -1.22. The highest BCUT2D eigenvalue weighted by Crippen LogP contribution is 2.42. The first kappa shape index (κ1) is 16.2. The standard InChI is InChI=1S/C17H25ClN2O/c1-11-9-17(2,3)10-15(11)19-12-6-7-14(18)13(8-12)16(21)20(4)5/h6-8,11,15,19H,9-10H2,1-5H3. The van der Waals surface area contributed by atoms with Crippen LogP contribution in [0.2, 0.25) is 5.02 Å². The van der Waals surface area contributed by atoms with E-state index in [1.54, 1.807) is 25.1 Å². The molecule has 0 aromatic heterocycles. The minimum absolute atomic E-state index is 0.0662. The Bertz CT molecular complexity index is 540. The minimum Gasteiger partial charge on any atom is -0.382 e. The Labute approximate surface area is 132 Å². The molecule has 1 saturated carbocycles. The Morgan fingerprint density at radius 3 is 2.52 bits per heavy atom. The van der Waals surface area contributed by atoms with Gasteiger partial charge in [-0.1, -0.05) is 32.4 Å². The largest absolute Gasteiger partial charge is 0.382 e. The van der Waals surface area contributed by atoms with Crippen LogP contribution in [-0.4, -0.2) is 30.9 Å². The van der Waals surface area contributed by atoms with E-state index in [0.29, 0.717) is 28.0 Å².